The van der Waals surface area contributed by atoms with Crippen LogP contribution in [-0.4, -0.2) is 9.97 Å². The summed E-state index contributed by atoms with van der Waals surface area (Å²) in [7, 11) is 0. The first-order valence-electron chi connectivity index (χ1n) is 4.61. The number of hydrogen-bond donors (Lipinski definition) is 1. The van der Waals surface area contributed by atoms with E-state index in [0.29, 0.717) is 0 Å². The molecule has 15 heavy (non-hydrogen) atoms. The van der Waals surface area contributed by atoms with Crippen LogP contribution in [0.4, 0.5) is 5.95 Å². The van der Waals surface area contributed by atoms with Crippen LogP contribution >= 0.6 is 0 Å². The van der Waals surface area contributed by atoms with Gasteiger partial charge in [0, 0.05) is 17.3 Å². The summed E-state index contributed by atoms with van der Waals surface area (Å²) in [4.78, 5) is 8.14. The Kier molecular flexibility index (Phi) is 2.46. The van der Waals surface area contributed by atoms with Crippen molar-refractivity contribution in [3.05, 3.63) is 48.7 Å². The molecule has 1 aromatic heterocycles. The maximum Gasteiger partial charge on any atom is 0.220 e. The van der Waals surface area contributed by atoms with Crippen molar-refractivity contribution in [3.63, 3.8) is 0 Å². The van der Waals surface area contributed by atoms with Crippen molar-refractivity contribution in [3.8, 4) is 11.3 Å². The number of nitrogens with zero attached hydrogens (tertiary/aromatic N) is 2. The lowest BCUT2D eigenvalue weighted by Gasteiger charge is -2.04. The molecule has 0 aliphatic rings. The Balaban J connectivity index is 2.61. The van der Waals surface area contributed by atoms with Gasteiger partial charge in [-0.1, -0.05) is 43.0 Å². The number of anilines is 1. The Labute approximate surface area is 88.3 Å². The summed E-state index contributed by atoms with van der Waals surface area (Å²) in [5.74, 6) is 0.277. The van der Waals surface area contributed by atoms with E-state index in [1.807, 2.05) is 30.3 Å². The van der Waals surface area contributed by atoms with E-state index in [2.05, 4.69) is 16.5 Å². The summed E-state index contributed by atoms with van der Waals surface area (Å²) in [5.41, 5.74) is 8.28. The monoisotopic (exact) mass is 197 g/mol. The second-order valence-electron chi connectivity index (χ2n) is 3.10. The van der Waals surface area contributed by atoms with Crippen LogP contribution in [0.2, 0.25) is 0 Å². The Hall–Kier alpha value is -2.16. The Morgan fingerprint density at radius 2 is 1.93 bits per heavy atom. The van der Waals surface area contributed by atoms with Crippen molar-refractivity contribution < 1.29 is 0 Å². The van der Waals surface area contributed by atoms with E-state index in [9.17, 15) is 0 Å². The third-order valence-electron chi connectivity index (χ3n) is 2.10. The summed E-state index contributed by atoms with van der Waals surface area (Å²) in [6, 6.07) is 9.84. The normalized spacial score (nSPS) is 9.87. The summed E-state index contributed by atoms with van der Waals surface area (Å²) in [6.07, 6.45) is 3.40. The van der Waals surface area contributed by atoms with Crippen molar-refractivity contribution >= 4 is 12.0 Å². The topological polar surface area (TPSA) is 51.8 Å². The third-order valence-corrected chi connectivity index (χ3v) is 2.10. The summed E-state index contributed by atoms with van der Waals surface area (Å²) >= 11 is 0. The molecule has 0 radical (unpaired) electrons. The van der Waals surface area contributed by atoms with Gasteiger partial charge in [-0.15, -0.1) is 0 Å². The summed E-state index contributed by atoms with van der Waals surface area (Å²) < 4.78 is 0. The first-order chi connectivity index (χ1) is 7.31. The van der Waals surface area contributed by atoms with E-state index in [1.54, 1.807) is 12.3 Å². The lowest BCUT2D eigenvalue weighted by molar-refractivity contribution is 1.18. The van der Waals surface area contributed by atoms with Crippen LogP contribution in [-0.2, 0) is 0 Å². The molecule has 0 saturated carbocycles. The van der Waals surface area contributed by atoms with E-state index in [4.69, 9.17) is 5.73 Å². The minimum Gasteiger partial charge on any atom is -0.368 e. The van der Waals surface area contributed by atoms with Gasteiger partial charge in [-0.2, -0.15) is 0 Å². The molecule has 0 aliphatic carbocycles. The zero-order chi connectivity index (χ0) is 10.7. The SMILES string of the molecule is C=Cc1cnc(N)nc1-c1ccccc1. The first kappa shape index (κ1) is 9.40. The lowest BCUT2D eigenvalue weighted by Crippen LogP contribution is -1.98. The number of benzene rings is 1. The van der Waals surface area contributed by atoms with Crippen molar-refractivity contribution in [2.75, 3.05) is 5.73 Å². The standard InChI is InChI=1S/C12H11N3/c1-2-9-8-14-12(13)15-11(9)10-6-4-3-5-7-10/h2-8H,1H2,(H2,13,14,15). The molecule has 1 aromatic carbocycles. The van der Waals surface area contributed by atoms with E-state index >= 15 is 0 Å². The van der Waals surface area contributed by atoms with Gasteiger partial charge in [0.15, 0.2) is 0 Å². The van der Waals surface area contributed by atoms with Crippen LogP contribution in [0.5, 0.6) is 0 Å². The average molecular weight is 197 g/mol. The van der Waals surface area contributed by atoms with Gasteiger partial charge in [-0.3, -0.25) is 0 Å². The molecule has 2 rings (SSSR count). The van der Waals surface area contributed by atoms with Gasteiger partial charge in [0.05, 0.1) is 5.69 Å². The van der Waals surface area contributed by atoms with E-state index in [-0.39, 0.29) is 5.95 Å². The molecular formula is C12H11N3. The van der Waals surface area contributed by atoms with Crippen LogP contribution in [0.15, 0.2) is 43.1 Å². The van der Waals surface area contributed by atoms with Gasteiger partial charge in [0.2, 0.25) is 5.95 Å². The van der Waals surface area contributed by atoms with Gasteiger partial charge < -0.3 is 5.73 Å². The largest absolute Gasteiger partial charge is 0.368 e. The van der Waals surface area contributed by atoms with Gasteiger partial charge in [-0.05, 0) is 0 Å². The minimum atomic E-state index is 0.277. The second-order valence-corrected chi connectivity index (χ2v) is 3.10. The number of hydrogen-bond acceptors (Lipinski definition) is 3. The molecule has 3 heteroatoms. The molecule has 0 aliphatic heterocycles. The molecule has 2 aromatic rings. The van der Waals surface area contributed by atoms with Crippen molar-refractivity contribution in [2.45, 2.75) is 0 Å². The number of nitrogens with two attached hydrogens (primary N) is 1. The first-order valence-corrected chi connectivity index (χ1v) is 4.61. The minimum absolute atomic E-state index is 0.277. The maximum atomic E-state index is 5.56. The van der Waals surface area contributed by atoms with Crippen LogP contribution in [0.1, 0.15) is 5.56 Å². The smallest absolute Gasteiger partial charge is 0.220 e. The Morgan fingerprint density at radius 1 is 1.20 bits per heavy atom. The highest BCUT2D eigenvalue weighted by Gasteiger charge is 2.04. The maximum absolute atomic E-state index is 5.56. The lowest BCUT2D eigenvalue weighted by atomic mass is 10.1. The fourth-order valence-electron chi connectivity index (χ4n) is 1.38. The van der Waals surface area contributed by atoms with E-state index in [0.717, 1.165) is 16.8 Å². The second kappa shape index (κ2) is 3.92. The van der Waals surface area contributed by atoms with Gasteiger partial charge in [0.25, 0.3) is 0 Å². The zero-order valence-electron chi connectivity index (χ0n) is 8.22. The Bertz CT molecular complexity index is 477. The quantitative estimate of drug-likeness (QED) is 0.804. The van der Waals surface area contributed by atoms with E-state index < -0.39 is 0 Å². The van der Waals surface area contributed by atoms with Crippen LogP contribution in [0.3, 0.4) is 0 Å². The third kappa shape index (κ3) is 1.86. The molecular weight excluding hydrogens is 186 g/mol. The van der Waals surface area contributed by atoms with Gasteiger partial charge in [-0.25, -0.2) is 9.97 Å². The summed E-state index contributed by atoms with van der Waals surface area (Å²) in [5, 5.41) is 0. The molecule has 0 amide bonds. The van der Waals surface area contributed by atoms with Crippen molar-refractivity contribution in [2.24, 2.45) is 0 Å². The summed E-state index contributed by atoms with van der Waals surface area (Å²) in [6.45, 7) is 3.73. The molecule has 74 valence electrons. The van der Waals surface area contributed by atoms with Crippen LogP contribution in [0, 0.1) is 0 Å². The van der Waals surface area contributed by atoms with Crippen LogP contribution < -0.4 is 5.73 Å². The Morgan fingerprint density at radius 3 is 2.60 bits per heavy atom. The molecule has 3 nitrogen and oxygen atoms in total. The molecule has 0 unspecified atom stereocenters. The molecule has 1 heterocycles. The van der Waals surface area contributed by atoms with Crippen LogP contribution in [0.25, 0.3) is 17.3 Å². The molecule has 0 atom stereocenters. The molecule has 0 spiro atoms. The average Bonchev–Trinajstić information content (AvgIpc) is 2.30. The van der Waals surface area contributed by atoms with E-state index in [1.165, 1.54) is 0 Å². The predicted molar refractivity (Wildman–Crippen MR) is 62.0 cm³/mol. The fraction of sp³-hybridized carbons (Fsp3) is 0. The molecule has 0 fully saturated rings. The molecule has 0 saturated heterocycles. The van der Waals surface area contributed by atoms with Crippen molar-refractivity contribution in [1.82, 2.24) is 9.97 Å². The highest BCUT2D eigenvalue weighted by Crippen LogP contribution is 2.21. The van der Waals surface area contributed by atoms with Gasteiger partial charge >= 0.3 is 0 Å². The van der Waals surface area contributed by atoms with Gasteiger partial charge in [0.1, 0.15) is 0 Å². The molecule has 2 N–H and O–H groups in total. The fourth-order valence-corrected chi connectivity index (χ4v) is 1.38. The highest BCUT2D eigenvalue weighted by atomic mass is 15.0. The number of aromatic nitrogens is 2. The highest BCUT2D eigenvalue weighted by molar-refractivity contribution is 5.71. The number of rotatable bonds is 2. The molecule has 0 bridgehead atoms. The van der Waals surface area contributed by atoms with Crippen molar-refractivity contribution in [1.29, 1.82) is 0 Å². The zero-order valence-corrected chi connectivity index (χ0v) is 8.22. The number of nitrogen functional groups attached to an aromatic ring is 1. The predicted octanol–water partition coefficient (Wildman–Crippen LogP) is 2.37.